The molecule has 3 rings (SSSR count). The molecule has 1 heterocycles. The Hall–Kier alpha value is -3.66. The van der Waals surface area contributed by atoms with Crippen LogP contribution in [0.25, 0.3) is 12.2 Å². The van der Waals surface area contributed by atoms with Gasteiger partial charge in [0, 0.05) is 35.4 Å². The predicted molar refractivity (Wildman–Crippen MR) is 106 cm³/mol. The van der Waals surface area contributed by atoms with E-state index in [0.717, 1.165) is 0 Å². The first-order valence-corrected chi connectivity index (χ1v) is 10.1. The van der Waals surface area contributed by atoms with Crippen molar-refractivity contribution in [1.82, 2.24) is 0 Å². The summed E-state index contributed by atoms with van der Waals surface area (Å²) in [6.45, 7) is 0. The second-order valence-electron chi connectivity index (χ2n) is 6.40. The first-order chi connectivity index (χ1) is 13.6. The fourth-order valence-corrected chi connectivity index (χ4v) is 4.34. The summed E-state index contributed by atoms with van der Waals surface area (Å²) in [7, 11) is -3.57. The minimum atomic E-state index is -3.57. The molecule has 0 radical (unpaired) electrons. The van der Waals surface area contributed by atoms with Gasteiger partial charge in [0.05, 0.1) is 21.4 Å². The molecule has 1 fully saturated rings. The van der Waals surface area contributed by atoms with Gasteiger partial charge >= 0.3 is 0 Å². The standard InChI is InChI=1S/C19H14N2O7S/c22-19-15(9-13-1-5-17(6-2-13)20(23)24)11-29(27,28)12-16(19)10-14-3-7-18(8-4-14)21(25)26/h1-10H,11-12H2/b15-9-,16-10+. The number of carbonyl (C=O) groups excluding carboxylic acids is 1. The third-order valence-electron chi connectivity index (χ3n) is 4.22. The van der Waals surface area contributed by atoms with E-state index in [0.29, 0.717) is 11.1 Å². The van der Waals surface area contributed by atoms with Gasteiger partial charge in [-0.2, -0.15) is 0 Å². The molecule has 29 heavy (non-hydrogen) atoms. The van der Waals surface area contributed by atoms with Crippen molar-refractivity contribution in [3.63, 3.8) is 0 Å². The molecule has 0 bridgehead atoms. The maximum Gasteiger partial charge on any atom is 0.269 e. The molecule has 2 aromatic rings. The van der Waals surface area contributed by atoms with Crippen molar-refractivity contribution < 1.29 is 23.1 Å². The van der Waals surface area contributed by atoms with E-state index < -0.39 is 37.0 Å². The number of hydrogen-bond acceptors (Lipinski definition) is 7. The van der Waals surface area contributed by atoms with Gasteiger partial charge in [-0.15, -0.1) is 0 Å². The average Bonchev–Trinajstić information content (AvgIpc) is 2.66. The fourth-order valence-electron chi connectivity index (χ4n) is 2.86. The molecule has 0 saturated carbocycles. The molecule has 0 aromatic heterocycles. The summed E-state index contributed by atoms with van der Waals surface area (Å²) in [6, 6.07) is 10.8. The van der Waals surface area contributed by atoms with Gasteiger partial charge in [0.15, 0.2) is 15.6 Å². The van der Waals surface area contributed by atoms with E-state index in [-0.39, 0.29) is 22.5 Å². The third kappa shape index (κ3) is 4.79. The van der Waals surface area contributed by atoms with Gasteiger partial charge in [-0.1, -0.05) is 0 Å². The first-order valence-electron chi connectivity index (χ1n) is 8.30. The first kappa shape index (κ1) is 20.1. The topological polar surface area (TPSA) is 137 Å². The quantitative estimate of drug-likeness (QED) is 0.426. The second kappa shape index (κ2) is 7.76. The van der Waals surface area contributed by atoms with Gasteiger partial charge in [0.2, 0.25) is 0 Å². The monoisotopic (exact) mass is 414 g/mol. The van der Waals surface area contributed by atoms with Gasteiger partial charge in [-0.3, -0.25) is 25.0 Å². The summed E-state index contributed by atoms with van der Waals surface area (Å²) in [5.41, 5.74) is 0.801. The zero-order chi connectivity index (χ0) is 21.2. The second-order valence-corrected chi connectivity index (χ2v) is 8.46. The summed E-state index contributed by atoms with van der Waals surface area (Å²) in [6.07, 6.45) is 2.79. The molecule has 9 nitrogen and oxygen atoms in total. The number of Topliss-reactive ketones (excluding diaryl/α,β-unsaturated/α-hetero) is 1. The molecule has 1 aliphatic rings. The molecule has 0 spiro atoms. The number of hydrogen-bond donors (Lipinski definition) is 0. The van der Waals surface area contributed by atoms with Crippen LogP contribution in [0.5, 0.6) is 0 Å². The molecule has 0 N–H and O–H groups in total. The zero-order valence-corrected chi connectivity index (χ0v) is 15.7. The molecule has 148 valence electrons. The van der Waals surface area contributed by atoms with E-state index in [4.69, 9.17) is 0 Å². The number of ketones is 1. The van der Waals surface area contributed by atoms with Crippen molar-refractivity contribution >= 4 is 39.1 Å². The van der Waals surface area contributed by atoms with Gasteiger partial charge in [0.1, 0.15) is 0 Å². The zero-order valence-electron chi connectivity index (χ0n) is 14.8. The molecule has 2 aromatic carbocycles. The SMILES string of the molecule is O=C1/C(=C/c2ccc([N+](=O)[O-])cc2)CS(=O)(=O)C/C1=C/c1ccc([N+](=O)[O-])cc1. The van der Waals surface area contributed by atoms with E-state index in [1.807, 2.05) is 0 Å². The Bertz CT molecular complexity index is 1080. The Morgan fingerprint density at radius 3 is 1.38 bits per heavy atom. The molecular formula is C19H14N2O7S. The van der Waals surface area contributed by atoms with Crippen molar-refractivity contribution in [2.75, 3.05) is 11.5 Å². The largest absolute Gasteiger partial charge is 0.289 e. The average molecular weight is 414 g/mol. The lowest BCUT2D eigenvalue weighted by Gasteiger charge is -2.17. The van der Waals surface area contributed by atoms with Crippen molar-refractivity contribution in [2.45, 2.75) is 0 Å². The van der Waals surface area contributed by atoms with Gasteiger partial charge in [-0.05, 0) is 47.5 Å². The van der Waals surface area contributed by atoms with E-state index in [2.05, 4.69) is 0 Å². The minimum absolute atomic E-state index is 0.0539. The maximum atomic E-state index is 12.8. The van der Waals surface area contributed by atoms with Crippen LogP contribution in [0.2, 0.25) is 0 Å². The van der Waals surface area contributed by atoms with Crippen LogP contribution in [-0.4, -0.2) is 35.6 Å². The van der Waals surface area contributed by atoms with Gasteiger partial charge in [-0.25, -0.2) is 8.42 Å². The molecule has 1 saturated heterocycles. The number of nitro groups is 2. The fraction of sp³-hybridized carbons (Fsp3) is 0.105. The number of rotatable bonds is 4. The Balaban J connectivity index is 1.94. The predicted octanol–water partition coefficient (Wildman–Crippen LogP) is 2.97. The highest BCUT2D eigenvalue weighted by atomic mass is 32.2. The van der Waals surface area contributed by atoms with Crippen LogP contribution in [0.15, 0.2) is 59.7 Å². The summed E-state index contributed by atoms with van der Waals surface area (Å²) < 4.78 is 24.5. The van der Waals surface area contributed by atoms with Crippen molar-refractivity contribution in [1.29, 1.82) is 0 Å². The van der Waals surface area contributed by atoms with Crippen LogP contribution < -0.4 is 0 Å². The molecule has 0 atom stereocenters. The maximum absolute atomic E-state index is 12.8. The van der Waals surface area contributed by atoms with Crippen molar-refractivity contribution in [2.24, 2.45) is 0 Å². The Morgan fingerprint density at radius 2 is 1.07 bits per heavy atom. The molecule has 1 aliphatic heterocycles. The Kier molecular flexibility index (Phi) is 5.37. The number of sulfone groups is 1. The van der Waals surface area contributed by atoms with Gasteiger partial charge < -0.3 is 0 Å². The summed E-state index contributed by atoms with van der Waals surface area (Å²) in [5, 5.41) is 21.5. The molecule has 0 unspecified atom stereocenters. The van der Waals surface area contributed by atoms with Crippen LogP contribution in [0.3, 0.4) is 0 Å². The normalized spacial score (nSPS) is 18.7. The number of non-ortho nitro benzene ring substituents is 2. The van der Waals surface area contributed by atoms with Crippen LogP contribution >= 0.6 is 0 Å². The molecule has 10 heteroatoms. The Labute approximate surface area is 165 Å². The highest BCUT2D eigenvalue weighted by molar-refractivity contribution is 7.92. The summed E-state index contributed by atoms with van der Waals surface area (Å²) in [4.78, 5) is 33.1. The lowest BCUT2D eigenvalue weighted by molar-refractivity contribution is -0.385. The van der Waals surface area contributed by atoms with Crippen LogP contribution in [0.4, 0.5) is 11.4 Å². The Morgan fingerprint density at radius 1 is 0.724 bits per heavy atom. The number of benzene rings is 2. The molecule has 0 amide bonds. The van der Waals surface area contributed by atoms with Crippen LogP contribution in [0, 0.1) is 20.2 Å². The number of nitro benzene ring substituents is 2. The lowest BCUT2D eigenvalue weighted by Crippen LogP contribution is -2.28. The lowest BCUT2D eigenvalue weighted by atomic mass is 10.0. The van der Waals surface area contributed by atoms with Crippen molar-refractivity contribution in [3.05, 3.63) is 91.0 Å². The van der Waals surface area contributed by atoms with E-state index in [1.165, 1.54) is 60.7 Å². The van der Waals surface area contributed by atoms with Crippen LogP contribution in [-0.2, 0) is 14.6 Å². The van der Waals surface area contributed by atoms with Gasteiger partial charge in [0.25, 0.3) is 11.4 Å². The third-order valence-corrected chi connectivity index (χ3v) is 5.73. The van der Waals surface area contributed by atoms with E-state index >= 15 is 0 Å². The molecule has 0 aliphatic carbocycles. The number of nitrogens with zero attached hydrogens (tertiary/aromatic N) is 2. The smallest absolute Gasteiger partial charge is 0.269 e. The minimum Gasteiger partial charge on any atom is -0.289 e. The highest BCUT2D eigenvalue weighted by Crippen LogP contribution is 2.25. The van der Waals surface area contributed by atoms with E-state index in [1.54, 1.807) is 0 Å². The molecular weight excluding hydrogens is 400 g/mol. The van der Waals surface area contributed by atoms with E-state index in [9.17, 15) is 33.4 Å². The summed E-state index contributed by atoms with van der Waals surface area (Å²) >= 11 is 0. The number of carbonyl (C=O) groups is 1. The summed E-state index contributed by atoms with van der Waals surface area (Å²) in [5.74, 6) is -1.31. The van der Waals surface area contributed by atoms with Crippen LogP contribution in [0.1, 0.15) is 11.1 Å². The highest BCUT2D eigenvalue weighted by Gasteiger charge is 2.30. The van der Waals surface area contributed by atoms with Crippen molar-refractivity contribution in [3.8, 4) is 0 Å².